The molecule has 2 saturated heterocycles. The first-order valence-corrected chi connectivity index (χ1v) is 21.4. The summed E-state index contributed by atoms with van der Waals surface area (Å²) < 4.78 is 29.3. The van der Waals surface area contributed by atoms with Crippen LogP contribution in [-0.4, -0.2) is 110 Å². The number of anilines is 1. The number of methoxy groups -OCH3 is 2. The maximum Gasteiger partial charge on any atom is 0.409 e. The number of amides is 3. The van der Waals surface area contributed by atoms with Gasteiger partial charge in [0.25, 0.3) is 0 Å². The Hall–Kier alpha value is -3.73. The van der Waals surface area contributed by atoms with E-state index >= 15 is 0 Å². The predicted molar refractivity (Wildman–Crippen MR) is 220 cm³/mol. The van der Waals surface area contributed by atoms with Crippen molar-refractivity contribution in [1.29, 1.82) is 0 Å². The van der Waals surface area contributed by atoms with Crippen molar-refractivity contribution in [2.45, 2.75) is 100 Å². The molecule has 3 aliphatic heterocycles. The van der Waals surface area contributed by atoms with E-state index in [0.717, 1.165) is 16.0 Å². The van der Waals surface area contributed by atoms with Gasteiger partial charge < -0.3 is 38.6 Å². The molecule has 3 amide bonds. The van der Waals surface area contributed by atoms with Crippen molar-refractivity contribution in [3.05, 3.63) is 76.9 Å². The summed E-state index contributed by atoms with van der Waals surface area (Å²) in [7, 11) is 9.17. The number of esters is 1. The standard InChI is InChI=1S/C41H52ClN3O10S2/c1-24-13-12-16-32(52-8)41(50)23-31(53-39(49)43-41)25(2)37-40(4,55-37)33(22-35(47)45(6)29-20-27(19-24)21-30(51-7)36(29)42)54-38(48)26(3)44(5)34(46)17-18-56-57-28-14-10-9-11-15-28/h9-16,20-21,25-26,31-33,37,50H,17-19,22-23H2,1-8H3,(H,43,49)/b16-12+,24-13+/t25-,26-,31+,32-,33-,37+,40+,41+/m1/s1. The number of ether oxygens (including phenoxy) is 5. The molecule has 3 heterocycles. The van der Waals surface area contributed by atoms with E-state index < -0.39 is 65.7 Å². The van der Waals surface area contributed by atoms with Gasteiger partial charge in [-0.15, -0.1) is 0 Å². The van der Waals surface area contributed by atoms with Gasteiger partial charge in [-0.1, -0.05) is 82.1 Å². The van der Waals surface area contributed by atoms with Crippen molar-refractivity contribution in [2.75, 3.05) is 39.0 Å². The summed E-state index contributed by atoms with van der Waals surface area (Å²) >= 11 is 6.78. The molecule has 310 valence electrons. The third-order valence-electron chi connectivity index (χ3n) is 10.8. The Morgan fingerprint density at radius 2 is 1.91 bits per heavy atom. The fourth-order valence-electron chi connectivity index (χ4n) is 7.11. The summed E-state index contributed by atoms with van der Waals surface area (Å²) in [5.74, 6) is -1.02. The molecule has 0 radical (unpaired) electrons. The normalized spacial score (nSPS) is 29.8. The Morgan fingerprint density at radius 3 is 2.60 bits per heavy atom. The quantitative estimate of drug-likeness (QED) is 0.119. The van der Waals surface area contributed by atoms with E-state index in [1.807, 2.05) is 43.3 Å². The molecule has 0 saturated carbocycles. The number of nitrogens with zero attached hydrogens (tertiary/aromatic N) is 2. The Kier molecular flexibility index (Phi) is 14.7. The van der Waals surface area contributed by atoms with E-state index in [0.29, 0.717) is 23.6 Å². The molecule has 4 bridgehead atoms. The van der Waals surface area contributed by atoms with Crippen molar-refractivity contribution < 1.29 is 48.0 Å². The van der Waals surface area contributed by atoms with Gasteiger partial charge in [-0.05, 0) is 57.0 Å². The lowest BCUT2D eigenvalue weighted by atomic mass is 9.83. The Labute approximate surface area is 347 Å². The number of rotatable bonds is 10. The van der Waals surface area contributed by atoms with Gasteiger partial charge in [0.1, 0.15) is 40.7 Å². The number of nitrogens with one attached hydrogen (secondary N) is 1. The zero-order valence-corrected chi connectivity index (χ0v) is 35.9. The molecule has 0 unspecified atom stereocenters. The molecule has 8 atom stereocenters. The molecule has 2 fully saturated rings. The first kappa shape index (κ1) is 44.4. The van der Waals surface area contributed by atoms with Gasteiger partial charge in [0.2, 0.25) is 11.8 Å². The number of fused-ring (bicyclic) bond motifs is 5. The molecular formula is C41H52ClN3O10S2. The molecule has 2 N–H and O–H groups in total. The van der Waals surface area contributed by atoms with Crippen molar-refractivity contribution >= 4 is 62.8 Å². The summed E-state index contributed by atoms with van der Waals surface area (Å²) in [6.07, 6.45) is 1.13. The van der Waals surface area contributed by atoms with Gasteiger partial charge in [-0.3, -0.25) is 14.9 Å². The predicted octanol–water partition coefficient (Wildman–Crippen LogP) is 6.35. The SMILES string of the molecule is COc1cc2cc(c1Cl)N(C)C(=O)C[C@@H](OC(=O)[C@@H](C)N(C)C(=O)CCSSc1ccccc1)[C@]1(C)O[C@H]1[C@H](C)[C@@H]1C[C@@](O)(NC(=O)O1)[C@H](OC)/C=C/C=C(\C)C2. The van der Waals surface area contributed by atoms with Crippen molar-refractivity contribution in [3.8, 4) is 5.75 Å². The third kappa shape index (κ3) is 10.5. The van der Waals surface area contributed by atoms with Crippen LogP contribution < -0.4 is 15.0 Å². The van der Waals surface area contributed by atoms with Crippen LogP contribution in [0.3, 0.4) is 0 Å². The lowest BCUT2D eigenvalue weighted by molar-refractivity contribution is -0.162. The average Bonchev–Trinajstić information content (AvgIpc) is 3.88. The number of carbonyl (C=O) groups excluding carboxylic acids is 4. The topological polar surface area (TPSA) is 156 Å². The van der Waals surface area contributed by atoms with Gasteiger partial charge in [-0.2, -0.15) is 0 Å². The van der Waals surface area contributed by atoms with E-state index in [1.54, 1.807) is 80.7 Å². The minimum absolute atomic E-state index is 0.0519. The second kappa shape index (κ2) is 18.9. The van der Waals surface area contributed by atoms with E-state index in [4.69, 9.17) is 35.3 Å². The Balaban J connectivity index is 1.43. The number of aliphatic hydroxyl groups is 1. The van der Waals surface area contributed by atoms with Crippen LogP contribution in [0.5, 0.6) is 5.75 Å². The zero-order chi connectivity index (χ0) is 41.7. The highest BCUT2D eigenvalue weighted by atomic mass is 35.5. The highest BCUT2D eigenvalue weighted by molar-refractivity contribution is 8.76. The van der Waals surface area contributed by atoms with Crippen LogP contribution in [0.25, 0.3) is 0 Å². The van der Waals surface area contributed by atoms with Gasteiger partial charge in [-0.25, -0.2) is 9.59 Å². The van der Waals surface area contributed by atoms with Gasteiger partial charge in [0, 0.05) is 50.6 Å². The van der Waals surface area contributed by atoms with Crippen LogP contribution in [0.1, 0.15) is 52.5 Å². The molecule has 13 nitrogen and oxygen atoms in total. The van der Waals surface area contributed by atoms with Crippen LogP contribution in [-0.2, 0) is 39.8 Å². The second-order valence-corrected chi connectivity index (χ2v) is 17.7. The third-order valence-corrected chi connectivity index (χ3v) is 13.6. The van der Waals surface area contributed by atoms with E-state index in [9.17, 15) is 24.3 Å². The minimum Gasteiger partial charge on any atom is -0.495 e. The number of hydrogen-bond donors (Lipinski definition) is 2. The van der Waals surface area contributed by atoms with Crippen LogP contribution >= 0.6 is 33.2 Å². The van der Waals surface area contributed by atoms with E-state index in [2.05, 4.69) is 5.32 Å². The van der Waals surface area contributed by atoms with E-state index in [1.165, 1.54) is 24.0 Å². The maximum absolute atomic E-state index is 14.2. The molecule has 5 rings (SSSR count). The largest absolute Gasteiger partial charge is 0.495 e. The molecule has 2 aromatic rings. The fraction of sp³-hybridized carbons (Fsp3) is 0.512. The first-order valence-electron chi connectivity index (χ1n) is 18.7. The number of benzene rings is 2. The van der Waals surface area contributed by atoms with Gasteiger partial charge in [0.05, 0.1) is 25.3 Å². The summed E-state index contributed by atoms with van der Waals surface area (Å²) in [5, 5.41) is 14.5. The van der Waals surface area contributed by atoms with Crippen molar-refractivity contribution in [2.24, 2.45) is 5.92 Å². The molecule has 16 heteroatoms. The number of halogens is 1. The van der Waals surface area contributed by atoms with Crippen LogP contribution in [0.15, 0.2) is 71.2 Å². The fourth-order valence-corrected chi connectivity index (χ4v) is 9.41. The molecule has 3 aliphatic rings. The summed E-state index contributed by atoms with van der Waals surface area (Å²) in [6, 6.07) is 12.4. The molecular weight excluding hydrogens is 794 g/mol. The molecule has 57 heavy (non-hydrogen) atoms. The summed E-state index contributed by atoms with van der Waals surface area (Å²) in [6.45, 7) is 7.03. The monoisotopic (exact) mass is 845 g/mol. The highest BCUT2D eigenvalue weighted by Gasteiger charge is 2.64. The zero-order valence-electron chi connectivity index (χ0n) is 33.5. The summed E-state index contributed by atoms with van der Waals surface area (Å²) in [5.41, 5.74) is -0.922. The van der Waals surface area contributed by atoms with Crippen molar-refractivity contribution in [3.63, 3.8) is 0 Å². The van der Waals surface area contributed by atoms with Crippen molar-refractivity contribution in [1.82, 2.24) is 10.2 Å². The van der Waals surface area contributed by atoms with Crippen LogP contribution in [0.4, 0.5) is 10.5 Å². The average molecular weight is 846 g/mol. The number of hydrogen-bond acceptors (Lipinski definition) is 12. The number of likely N-dealkylation sites (N-methyl/N-ethyl adjacent to an activating group) is 1. The maximum atomic E-state index is 14.2. The number of alkyl carbamates (subject to hydrolysis) is 1. The molecule has 0 spiro atoms. The molecule has 0 aromatic heterocycles. The van der Waals surface area contributed by atoms with E-state index in [-0.39, 0.29) is 30.2 Å². The van der Waals surface area contributed by atoms with Gasteiger partial charge >= 0.3 is 12.1 Å². The Morgan fingerprint density at radius 1 is 1.19 bits per heavy atom. The lowest BCUT2D eigenvalue weighted by Crippen LogP contribution is -2.63. The number of allylic oxidation sites excluding steroid dienone is 3. The second-order valence-electron chi connectivity index (χ2n) is 14.9. The Bertz CT molecular complexity index is 1870. The number of carbonyl (C=O) groups is 4. The lowest BCUT2D eigenvalue weighted by Gasteiger charge is -2.42. The smallest absolute Gasteiger partial charge is 0.409 e. The van der Waals surface area contributed by atoms with Crippen LogP contribution in [0, 0.1) is 5.92 Å². The number of epoxide rings is 1. The van der Waals surface area contributed by atoms with Crippen LogP contribution in [0.2, 0.25) is 5.02 Å². The highest BCUT2D eigenvalue weighted by Crippen LogP contribution is 2.49. The molecule has 0 aliphatic carbocycles. The summed E-state index contributed by atoms with van der Waals surface area (Å²) in [4.78, 5) is 58.0. The molecule has 2 aromatic carbocycles. The minimum atomic E-state index is -1.83. The first-order chi connectivity index (χ1) is 27.0. The van der Waals surface area contributed by atoms with Gasteiger partial charge in [0.15, 0.2) is 5.72 Å².